The van der Waals surface area contributed by atoms with Crippen LogP contribution in [0, 0.1) is 23.2 Å². The number of aliphatic imine (C=N–C) groups is 1. The van der Waals surface area contributed by atoms with Gasteiger partial charge >= 0.3 is 0 Å². The molecule has 0 amide bonds. The first-order chi connectivity index (χ1) is 15.1. The average Bonchev–Trinajstić information content (AvgIpc) is 3.25. The van der Waals surface area contributed by atoms with Gasteiger partial charge in [-0.25, -0.2) is 9.98 Å². The van der Waals surface area contributed by atoms with Crippen LogP contribution in [0.15, 0.2) is 44.9 Å². The summed E-state index contributed by atoms with van der Waals surface area (Å²) in [6.45, 7) is 3.11. The first-order valence-corrected chi connectivity index (χ1v) is 10.4. The SMILES string of the molecule is CC1C=Nc2ncn(Cc3nc([C@]45C6[C@@H]4[C@@H]5CN6c4ccc(C#N)cc4)no3)c(=O)c21. The molecule has 0 spiro atoms. The van der Waals surface area contributed by atoms with Crippen LogP contribution in [-0.4, -0.2) is 38.5 Å². The molecule has 2 saturated heterocycles. The summed E-state index contributed by atoms with van der Waals surface area (Å²) in [5, 5.41) is 13.3. The van der Waals surface area contributed by atoms with Crippen molar-refractivity contribution in [3.8, 4) is 6.07 Å². The van der Waals surface area contributed by atoms with Crippen molar-refractivity contribution in [1.29, 1.82) is 5.26 Å². The van der Waals surface area contributed by atoms with E-state index in [0.29, 0.717) is 40.7 Å². The van der Waals surface area contributed by atoms with Crippen molar-refractivity contribution in [2.45, 2.75) is 30.8 Å². The van der Waals surface area contributed by atoms with E-state index in [4.69, 9.17) is 9.78 Å². The summed E-state index contributed by atoms with van der Waals surface area (Å²) in [6.07, 6.45) is 3.23. The topological polar surface area (TPSA) is 113 Å². The molecule has 4 fully saturated rings. The zero-order valence-electron chi connectivity index (χ0n) is 16.6. The molecule has 5 atom stereocenters. The Morgan fingerprint density at radius 3 is 2.94 bits per heavy atom. The highest BCUT2D eigenvalue weighted by atomic mass is 16.5. The predicted molar refractivity (Wildman–Crippen MR) is 109 cm³/mol. The molecule has 2 unspecified atom stereocenters. The van der Waals surface area contributed by atoms with E-state index in [1.165, 1.54) is 10.9 Å². The van der Waals surface area contributed by atoms with Crippen LogP contribution in [0.1, 0.15) is 35.7 Å². The molecule has 5 heterocycles. The van der Waals surface area contributed by atoms with Gasteiger partial charge in [-0.1, -0.05) is 12.1 Å². The number of rotatable bonds is 4. The average molecular weight is 411 g/mol. The molecule has 2 bridgehead atoms. The maximum Gasteiger partial charge on any atom is 0.259 e. The molecule has 152 valence electrons. The number of nitrogens with zero attached hydrogens (tertiary/aromatic N) is 7. The molecular formula is C22H17N7O2. The minimum atomic E-state index is -0.115. The maximum absolute atomic E-state index is 12.8. The van der Waals surface area contributed by atoms with Gasteiger partial charge in [-0.2, -0.15) is 10.2 Å². The van der Waals surface area contributed by atoms with E-state index in [1.54, 1.807) is 6.21 Å². The summed E-state index contributed by atoms with van der Waals surface area (Å²) in [7, 11) is 0. The van der Waals surface area contributed by atoms with Gasteiger partial charge in [-0.05, 0) is 30.2 Å². The second-order valence-electron chi connectivity index (χ2n) is 8.81. The first-order valence-electron chi connectivity index (χ1n) is 10.4. The number of hydrogen-bond donors (Lipinski definition) is 0. The van der Waals surface area contributed by atoms with Crippen LogP contribution >= 0.6 is 0 Å². The minimum absolute atomic E-state index is 0.0147. The van der Waals surface area contributed by atoms with E-state index in [2.05, 4.69) is 31.1 Å². The number of aromatic nitrogens is 4. The van der Waals surface area contributed by atoms with Crippen molar-refractivity contribution < 1.29 is 4.52 Å². The number of benzene rings is 1. The fourth-order valence-electron chi connectivity index (χ4n) is 5.74. The van der Waals surface area contributed by atoms with Crippen LogP contribution < -0.4 is 10.5 Å². The molecule has 3 aliphatic heterocycles. The summed E-state index contributed by atoms with van der Waals surface area (Å²) < 4.78 is 7.03. The first kappa shape index (κ1) is 16.9. The Labute approximate surface area is 176 Å². The lowest BCUT2D eigenvalue weighted by Crippen LogP contribution is -2.25. The highest BCUT2D eigenvalue weighted by molar-refractivity contribution is 5.78. The van der Waals surface area contributed by atoms with Gasteiger partial charge in [0.15, 0.2) is 11.6 Å². The highest BCUT2D eigenvalue weighted by Gasteiger charge is 2.95. The molecule has 9 heteroatoms. The fourth-order valence-corrected chi connectivity index (χ4v) is 5.74. The molecule has 0 radical (unpaired) electrons. The van der Waals surface area contributed by atoms with Crippen LogP contribution in [0.2, 0.25) is 0 Å². The second-order valence-corrected chi connectivity index (χ2v) is 8.81. The molecule has 31 heavy (non-hydrogen) atoms. The van der Waals surface area contributed by atoms with E-state index in [0.717, 1.165) is 18.1 Å². The maximum atomic E-state index is 12.8. The van der Waals surface area contributed by atoms with Crippen molar-refractivity contribution in [2.75, 3.05) is 11.4 Å². The van der Waals surface area contributed by atoms with Crippen LogP contribution in [0.25, 0.3) is 0 Å². The van der Waals surface area contributed by atoms with E-state index in [1.807, 2.05) is 31.2 Å². The number of anilines is 1. The number of fused-ring (bicyclic) bond motifs is 2. The standard InChI is InChI=1S/C22H17N7O2/c1-11-7-24-19-16(11)20(30)28(10-25-19)9-15-26-21(27-31-15)22-14-8-29(18(22)17(14)22)13-4-2-12(6-23)3-5-13/h2-5,7,10-11,14,17-18H,8-9H2,1H3/t11?,14-,17-,18?,22-/m0/s1. The number of piperidine rings is 1. The molecule has 8 rings (SSSR count). The van der Waals surface area contributed by atoms with Crippen molar-refractivity contribution in [3.63, 3.8) is 0 Å². The normalized spacial score (nSPS) is 30.8. The molecule has 9 nitrogen and oxygen atoms in total. The van der Waals surface area contributed by atoms with Crippen LogP contribution in [0.3, 0.4) is 0 Å². The van der Waals surface area contributed by atoms with Crippen molar-refractivity contribution >= 4 is 17.7 Å². The lowest BCUT2D eigenvalue weighted by Gasteiger charge is -2.18. The van der Waals surface area contributed by atoms with Crippen LogP contribution in [0.5, 0.6) is 0 Å². The number of hydrogen-bond acceptors (Lipinski definition) is 8. The van der Waals surface area contributed by atoms with Gasteiger partial charge in [-0.3, -0.25) is 9.36 Å². The third-order valence-corrected chi connectivity index (χ3v) is 7.36. The Hall–Kier alpha value is -3.80. The molecule has 5 aliphatic rings. The van der Waals surface area contributed by atoms with Crippen LogP contribution in [-0.2, 0) is 12.0 Å². The Kier molecular flexibility index (Phi) is 2.98. The summed E-state index contributed by atoms with van der Waals surface area (Å²) >= 11 is 0. The third kappa shape index (κ3) is 2.02. The smallest absolute Gasteiger partial charge is 0.259 e. The number of nitriles is 1. The Morgan fingerprint density at radius 1 is 1.32 bits per heavy atom. The minimum Gasteiger partial charge on any atom is -0.367 e. The van der Waals surface area contributed by atoms with Crippen molar-refractivity contribution in [3.05, 3.63) is 63.8 Å². The fraction of sp³-hybridized carbons (Fsp3) is 0.364. The van der Waals surface area contributed by atoms with Gasteiger partial charge in [0.1, 0.15) is 12.9 Å². The Bertz CT molecular complexity index is 1380. The largest absolute Gasteiger partial charge is 0.367 e. The van der Waals surface area contributed by atoms with E-state index >= 15 is 0 Å². The Morgan fingerprint density at radius 2 is 2.16 bits per heavy atom. The summed E-state index contributed by atoms with van der Waals surface area (Å²) in [5.74, 6) is 2.73. The lowest BCUT2D eigenvalue weighted by atomic mass is 10.1. The van der Waals surface area contributed by atoms with E-state index in [9.17, 15) is 4.79 Å². The van der Waals surface area contributed by atoms with Gasteiger partial charge in [0.25, 0.3) is 5.56 Å². The summed E-state index contributed by atoms with van der Waals surface area (Å²) in [6, 6.07) is 10.3. The second kappa shape index (κ2) is 5.46. The molecule has 3 aromatic rings. The van der Waals surface area contributed by atoms with Gasteiger partial charge in [0.2, 0.25) is 5.89 Å². The van der Waals surface area contributed by atoms with Crippen LogP contribution in [0.4, 0.5) is 11.5 Å². The third-order valence-electron chi connectivity index (χ3n) is 7.36. The molecule has 2 saturated carbocycles. The van der Waals surface area contributed by atoms with Crippen molar-refractivity contribution in [1.82, 2.24) is 19.7 Å². The summed E-state index contributed by atoms with van der Waals surface area (Å²) in [5.41, 5.74) is 2.28. The molecular weight excluding hydrogens is 394 g/mol. The molecule has 2 aliphatic carbocycles. The quantitative estimate of drug-likeness (QED) is 0.643. The molecule has 1 aromatic carbocycles. The molecule has 0 N–H and O–H groups in total. The van der Waals surface area contributed by atoms with Gasteiger partial charge in [0, 0.05) is 36.3 Å². The predicted octanol–water partition coefficient (Wildman–Crippen LogP) is 1.75. The monoisotopic (exact) mass is 411 g/mol. The summed E-state index contributed by atoms with van der Waals surface area (Å²) in [4.78, 5) is 28.3. The van der Waals surface area contributed by atoms with Gasteiger partial charge in [0.05, 0.1) is 22.6 Å². The van der Waals surface area contributed by atoms with Gasteiger partial charge in [-0.15, -0.1) is 0 Å². The zero-order valence-corrected chi connectivity index (χ0v) is 16.6. The highest BCUT2D eigenvalue weighted by Crippen LogP contribution is 2.85. The Balaban J connectivity index is 1.13. The molecule has 2 aromatic heterocycles. The van der Waals surface area contributed by atoms with E-state index in [-0.39, 0.29) is 23.4 Å². The van der Waals surface area contributed by atoms with E-state index < -0.39 is 0 Å². The lowest BCUT2D eigenvalue weighted by molar-refractivity contribution is 0.361. The van der Waals surface area contributed by atoms with Crippen molar-refractivity contribution in [2.24, 2.45) is 16.8 Å². The zero-order chi connectivity index (χ0) is 20.9. The van der Waals surface area contributed by atoms with Gasteiger partial charge < -0.3 is 9.42 Å².